The van der Waals surface area contributed by atoms with E-state index in [0.29, 0.717) is 18.8 Å². The standard InChI is InChI=1S/C13H16N2O4/c16-12(15-7-5-14-6-8-15)9-19-11-3-1-10(2-4-11)13(17)18/h1-4,14H,5-9H2,(H,17,18). The van der Waals surface area contributed by atoms with Gasteiger partial charge in [-0.2, -0.15) is 0 Å². The van der Waals surface area contributed by atoms with E-state index in [-0.39, 0.29) is 18.1 Å². The number of benzene rings is 1. The highest BCUT2D eigenvalue weighted by atomic mass is 16.5. The van der Waals surface area contributed by atoms with Crippen molar-refractivity contribution in [2.24, 2.45) is 0 Å². The normalized spacial score (nSPS) is 15.1. The van der Waals surface area contributed by atoms with Gasteiger partial charge in [-0.1, -0.05) is 0 Å². The maximum atomic E-state index is 11.8. The molecule has 0 aromatic heterocycles. The second-order valence-corrected chi connectivity index (χ2v) is 4.25. The van der Waals surface area contributed by atoms with Gasteiger partial charge in [-0.25, -0.2) is 4.79 Å². The molecule has 0 saturated carbocycles. The minimum atomic E-state index is -0.983. The van der Waals surface area contributed by atoms with E-state index in [1.54, 1.807) is 17.0 Å². The summed E-state index contributed by atoms with van der Waals surface area (Å²) in [5.74, 6) is -0.541. The largest absolute Gasteiger partial charge is 0.484 e. The van der Waals surface area contributed by atoms with E-state index in [4.69, 9.17) is 9.84 Å². The number of ether oxygens (including phenoxy) is 1. The van der Waals surface area contributed by atoms with Gasteiger partial charge in [-0.15, -0.1) is 0 Å². The molecule has 2 rings (SSSR count). The molecule has 1 aliphatic rings. The van der Waals surface area contributed by atoms with E-state index in [1.807, 2.05) is 0 Å². The van der Waals surface area contributed by atoms with Crippen molar-refractivity contribution in [2.75, 3.05) is 32.8 Å². The molecule has 0 atom stereocenters. The van der Waals surface area contributed by atoms with E-state index in [2.05, 4.69) is 5.32 Å². The molecular formula is C13H16N2O4. The fraction of sp³-hybridized carbons (Fsp3) is 0.385. The van der Waals surface area contributed by atoms with Crippen LogP contribution in [0.3, 0.4) is 0 Å². The molecule has 1 aromatic carbocycles. The van der Waals surface area contributed by atoms with E-state index in [1.165, 1.54) is 12.1 Å². The summed E-state index contributed by atoms with van der Waals surface area (Å²) in [5, 5.41) is 11.9. The third-order valence-corrected chi connectivity index (χ3v) is 2.93. The van der Waals surface area contributed by atoms with Gasteiger partial charge in [0.15, 0.2) is 6.61 Å². The van der Waals surface area contributed by atoms with Crippen molar-refractivity contribution in [3.63, 3.8) is 0 Å². The Morgan fingerprint density at radius 1 is 1.21 bits per heavy atom. The van der Waals surface area contributed by atoms with Crippen molar-refractivity contribution in [3.05, 3.63) is 29.8 Å². The number of piperazine rings is 1. The molecule has 1 heterocycles. The third-order valence-electron chi connectivity index (χ3n) is 2.93. The Labute approximate surface area is 111 Å². The average Bonchev–Trinajstić information content (AvgIpc) is 2.46. The van der Waals surface area contributed by atoms with E-state index in [0.717, 1.165) is 13.1 Å². The Morgan fingerprint density at radius 3 is 2.42 bits per heavy atom. The molecule has 0 aliphatic carbocycles. The highest BCUT2D eigenvalue weighted by Crippen LogP contribution is 2.12. The fourth-order valence-corrected chi connectivity index (χ4v) is 1.84. The number of nitrogens with one attached hydrogen (secondary N) is 1. The van der Waals surface area contributed by atoms with Crippen molar-refractivity contribution >= 4 is 11.9 Å². The Balaban J connectivity index is 1.84. The number of nitrogens with zero attached hydrogens (tertiary/aromatic N) is 1. The monoisotopic (exact) mass is 264 g/mol. The zero-order chi connectivity index (χ0) is 13.7. The molecule has 6 nitrogen and oxygen atoms in total. The summed E-state index contributed by atoms with van der Waals surface area (Å²) in [6.45, 7) is 2.98. The maximum absolute atomic E-state index is 11.8. The third kappa shape index (κ3) is 3.69. The SMILES string of the molecule is O=C(O)c1ccc(OCC(=O)N2CCNCC2)cc1. The van der Waals surface area contributed by atoms with Crippen molar-refractivity contribution < 1.29 is 19.4 Å². The van der Waals surface area contributed by atoms with Crippen LogP contribution in [0, 0.1) is 0 Å². The number of carboxylic acid groups (broad SMARTS) is 1. The molecular weight excluding hydrogens is 248 g/mol. The lowest BCUT2D eigenvalue weighted by Crippen LogP contribution is -2.47. The highest BCUT2D eigenvalue weighted by molar-refractivity contribution is 5.87. The fourth-order valence-electron chi connectivity index (χ4n) is 1.84. The first-order valence-electron chi connectivity index (χ1n) is 6.11. The van der Waals surface area contributed by atoms with Crippen LogP contribution in [0.1, 0.15) is 10.4 Å². The van der Waals surface area contributed by atoms with Crippen molar-refractivity contribution in [3.8, 4) is 5.75 Å². The highest BCUT2D eigenvalue weighted by Gasteiger charge is 2.16. The Bertz CT molecular complexity index is 452. The van der Waals surface area contributed by atoms with Gasteiger partial charge in [-0.3, -0.25) is 4.79 Å². The first kappa shape index (κ1) is 13.4. The summed E-state index contributed by atoms with van der Waals surface area (Å²) in [5.41, 5.74) is 0.195. The van der Waals surface area contributed by atoms with Gasteiger partial charge in [-0.05, 0) is 24.3 Å². The van der Waals surface area contributed by atoms with Gasteiger partial charge < -0.3 is 20.1 Å². The lowest BCUT2D eigenvalue weighted by Gasteiger charge is -2.27. The van der Waals surface area contributed by atoms with Crippen LogP contribution in [0.2, 0.25) is 0 Å². The molecule has 6 heteroatoms. The Morgan fingerprint density at radius 2 is 1.84 bits per heavy atom. The number of hydrogen-bond acceptors (Lipinski definition) is 4. The first-order valence-corrected chi connectivity index (χ1v) is 6.11. The maximum Gasteiger partial charge on any atom is 0.335 e. The summed E-state index contributed by atoms with van der Waals surface area (Å²) in [4.78, 5) is 24.3. The number of rotatable bonds is 4. The molecule has 1 aliphatic heterocycles. The smallest absolute Gasteiger partial charge is 0.335 e. The van der Waals surface area contributed by atoms with Gasteiger partial charge in [0.1, 0.15) is 5.75 Å². The molecule has 1 fully saturated rings. The van der Waals surface area contributed by atoms with Crippen LogP contribution in [0.25, 0.3) is 0 Å². The molecule has 0 bridgehead atoms. The number of aromatic carboxylic acids is 1. The summed E-state index contributed by atoms with van der Waals surface area (Å²) in [7, 11) is 0. The molecule has 0 spiro atoms. The predicted molar refractivity (Wildman–Crippen MR) is 68.3 cm³/mol. The van der Waals surface area contributed by atoms with E-state index < -0.39 is 5.97 Å². The van der Waals surface area contributed by atoms with Crippen molar-refractivity contribution in [1.29, 1.82) is 0 Å². The number of hydrogen-bond donors (Lipinski definition) is 2. The lowest BCUT2D eigenvalue weighted by molar-refractivity contribution is -0.133. The molecule has 1 aromatic rings. The zero-order valence-electron chi connectivity index (χ0n) is 10.5. The van der Waals surface area contributed by atoms with Crippen LogP contribution in [-0.4, -0.2) is 54.7 Å². The molecule has 1 saturated heterocycles. The molecule has 102 valence electrons. The number of carbonyl (C=O) groups is 2. The van der Waals surface area contributed by atoms with E-state index in [9.17, 15) is 9.59 Å². The summed E-state index contributed by atoms with van der Waals surface area (Å²) >= 11 is 0. The summed E-state index contributed by atoms with van der Waals surface area (Å²) in [6.07, 6.45) is 0. The van der Waals surface area contributed by atoms with Gasteiger partial charge in [0.05, 0.1) is 5.56 Å². The molecule has 2 N–H and O–H groups in total. The zero-order valence-corrected chi connectivity index (χ0v) is 10.5. The first-order chi connectivity index (χ1) is 9.16. The average molecular weight is 264 g/mol. The number of amides is 1. The molecule has 19 heavy (non-hydrogen) atoms. The van der Waals surface area contributed by atoms with Crippen LogP contribution in [-0.2, 0) is 4.79 Å². The van der Waals surface area contributed by atoms with Crippen LogP contribution < -0.4 is 10.1 Å². The van der Waals surface area contributed by atoms with Crippen LogP contribution in [0.15, 0.2) is 24.3 Å². The Kier molecular flexibility index (Phi) is 4.35. The molecule has 0 radical (unpaired) electrons. The van der Waals surface area contributed by atoms with Gasteiger partial charge >= 0.3 is 5.97 Å². The van der Waals surface area contributed by atoms with E-state index >= 15 is 0 Å². The van der Waals surface area contributed by atoms with Crippen LogP contribution in [0.4, 0.5) is 0 Å². The van der Waals surface area contributed by atoms with Gasteiger partial charge in [0.25, 0.3) is 5.91 Å². The number of carboxylic acids is 1. The molecule has 0 unspecified atom stereocenters. The van der Waals surface area contributed by atoms with Crippen molar-refractivity contribution in [2.45, 2.75) is 0 Å². The minimum Gasteiger partial charge on any atom is -0.484 e. The molecule has 1 amide bonds. The number of carbonyl (C=O) groups excluding carboxylic acids is 1. The predicted octanol–water partition coefficient (Wildman–Crippen LogP) is 0.195. The second-order valence-electron chi connectivity index (χ2n) is 4.25. The van der Waals surface area contributed by atoms with Crippen LogP contribution in [0.5, 0.6) is 5.75 Å². The van der Waals surface area contributed by atoms with Gasteiger partial charge in [0, 0.05) is 26.2 Å². The second kappa shape index (κ2) is 6.19. The van der Waals surface area contributed by atoms with Crippen molar-refractivity contribution in [1.82, 2.24) is 10.2 Å². The minimum absolute atomic E-state index is 0.0214. The topological polar surface area (TPSA) is 78.9 Å². The summed E-state index contributed by atoms with van der Waals surface area (Å²) < 4.78 is 5.35. The van der Waals surface area contributed by atoms with Gasteiger partial charge in [0.2, 0.25) is 0 Å². The summed E-state index contributed by atoms with van der Waals surface area (Å²) in [6, 6.07) is 6.00. The quantitative estimate of drug-likeness (QED) is 0.812. The Hall–Kier alpha value is -2.08. The van der Waals surface area contributed by atoms with Crippen LogP contribution >= 0.6 is 0 Å². The lowest BCUT2D eigenvalue weighted by atomic mass is 10.2.